The zero-order chi connectivity index (χ0) is 11.8. The second kappa shape index (κ2) is 7.05. The van der Waals surface area contributed by atoms with E-state index in [0.717, 1.165) is 6.42 Å². The summed E-state index contributed by atoms with van der Waals surface area (Å²) in [5.74, 6) is -1.05. The van der Waals surface area contributed by atoms with Gasteiger partial charge >= 0.3 is 12.0 Å². The van der Waals surface area contributed by atoms with Crippen molar-refractivity contribution in [2.24, 2.45) is 0 Å². The van der Waals surface area contributed by atoms with Crippen LogP contribution in [-0.2, 0) is 9.53 Å². The molecule has 15 heavy (non-hydrogen) atoms. The minimum absolute atomic E-state index is 0.388. The number of amides is 2. The first kappa shape index (κ1) is 13.7. The molecule has 0 aliphatic rings. The number of rotatable bonds is 6. The monoisotopic (exact) mass is 218 g/mol. The number of methoxy groups -OCH3 is 1. The van der Waals surface area contributed by atoms with E-state index in [-0.39, 0.29) is 6.03 Å². The van der Waals surface area contributed by atoms with Gasteiger partial charge < -0.3 is 20.1 Å². The van der Waals surface area contributed by atoms with Gasteiger partial charge in [0.15, 0.2) is 0 Å². The first-order chi connectivity index (χ1) is 6.99. The van der Waals surface area contributed by atoms with Crippen LogP contribution in [0.4, 0.5) is 4.79 Å². The molecule has 88 valence electrons. The summed E-state index contributed by atoms with van der Waals surface area (Å²) in [6, 6.07) is -1.26. The summed E-state index contributed by atoms with van der Waals surface area (Å²) < 4.78 is 4.84. The lowest BCUT2D eigenvalue weighted by molar-refractivity contribution is -0.138. The van der Waals surface area contributed by atoms with Crippen molar-refractivity contribution in [2.75, 3.05) is 27.3 Å². The molecule has 6 nitrogen and oxygen atoms in total. The summed E-state index contributed by atoms with van der Waals surface area (Å²) in [6.45, 7) is 2.53. The van der Waals surface area contributed by atoms with E-state index in [9.17, 15) is 9.59 Å². The molecule has 0 fully saturated rings. The Morgan fingerprint density at radius 2 is 2.13 bits per heavy atom. The van der Waals surface area contributed by atoms with Gasteiger partial charge in [-0.25, -0.2) is 4.79 Å². The highest BCUT2D eigenvalue weighted by Crippen LogP contribution is 1.91. The largest absolute Gasteiger partial charge is 0.480 e. The Morgan fingerprint density at radius 1 is 1.53 bits per heavy atom. The topological polar surface area (TPSA) is 78.9 Å². The molecule has 0 heterocycles. The molecule has 0 aromatic heterocycles. The van der Waals surface area contributed by atoms with Gasteiger partial charge in [0, 0.05) is 27.3 Å². The summed E-state index contributed by atoms with van der Waals surface area (Å²) in [5, 5.41) is 10.9. The first-order valence-electron chi connectivity index (χ1n) is 4.72. The molecule has 6 heteroatoms. The molecule has 0 unspecified atom stereocenters. The Bertz CT molecular complexity index is 220. The van der Waals surface area contributed by atoms with Crippen LogP contribution in [0.25, 0.3) is 0 Å². The van der Waals surface area contributed by atoms with Crippen LogP contribution in [0.15, 0.2) is 0 Å². The summed E-state index contributed by atoms with van der Waals surface area (Å²) >= 11 is 0. The van der Waals surface area contributed by atoms with Gasteiger partial charge in [-0.3, -0.25) is 4.79 Å². The number of nitrogens with one attached hydrogen (secondary N) is 1. The van der Waals surface area contributed by atoms with E-state index in [1.54, 1.807) is 14.2 Å². The van der Waals surface area contributed by atoms with Gasteiger partial charge in [-0.05, 0) is 13.3 Å². The summed E-state index contributed by atoms with van der Waals surface area (Å²) in [7, 11) is 3.20. The van der Waals surface area contributed by atoms with Gasteiger partial charge in [-0.1, -0.05) is 0 Å². The van der Waals surface area contributed by atoms with Crippen molar-refractivity contribution in [1.82, 2.24) is 10.2 Å². The fraction of sp³-hybridized carbons (Fsp3) is 0.778. The number of carbonyl (C=O) groups is 2. The minimum Gasteiger partial charge on any atom is -0.480 e. The Kier molecular flexibility index (Phi) is 6.44. The molecular formula is C9H18N2O4. The van der Waals surface area contributed by atoms with E-state index in [2.05, 4.69) is 5.32 Å². The number of carboxylic acids is 1. The van der Waals surface area contributed by atoms with E-state index in [4.69, 9.17) is 9.84 Å². The van der Waals surface area contributed by atoms with Crippen molar-refractivity contribution in [3.63, 3.8) is 0 Å². The third-order valence-corrected chi connectivity index (χ3v) is 1.90. The number of nitrogens with zero attached hydrogens (tertiary/aromatic N) is 1. The van der Waals surface area contributed by atoms with Crippen molar-refractivity contribution in [2.45, 2.75) is 19.4 Å². The highest BCUT2D eigenvalue weighted by Gasteiger charge is 2.16. The third kappa shape index (κ3) is 5.90. The highest BCUT2D eigenvalue weighted by atomic mass is 16.5. The Hall–Kier alpha value is -1.30. The van der Waals surface area contributed by atoms with E-state index in [0.29, 0.717) is 13.2 Å². The van der Waals surface area contributed by atoms with Crippen LogP contribution < -0.4 is 5.32 Å². The molecular weight excluding hydrogens is 200 g/mol. The molecule has 2 N–H and O–H groups in total. The fourth-order valence-electron chi connectivity index (χ4n) is 0.905. The van der Waals surface area contributed by atoms with Crippen LogP contribution in [-0.4, -0.2) is 55.4 Å². The van der Waals surface area contributed by atoms with Gasteiger partial charge in [-0.15, -0.1) is 0 Å². The molecule has 2 amide bonds. The van der Waals surface area contributed by atoms with Crippen LogP contribution in [0.3, 0.4) is 0 Å². The lowest BCUT2D eigenvalue weighted by Gasteiger charge is -2.19. The SMILES string of the molecule is COCCCN(C)C(=O)N[C@@H](C)C(=O)O. The van der Waals surface area contributed by atoms with Crippen molar-refractivity contribution in [3.05, 3.63) is 0 Å². The maximum atomic E-state index is 11.4. The predicted octanol–water partition coefficient (Wildman–Crippen LogP) is 0.137. The van der Waals surface area contributed by atoms with Crippen LogP contribution >= 0.6 is 0 Å². The molecule has 0 spiro atoms. The van der Waals surface area contributed by atoms with E-state index in [1.807, 2.05) is 0 Å². The molecule has 0 aromatic carbocycles. The molecule has 1 atom stereocenters. The Balaban J connectivity index is 3.83. The summed E-state index contributed by atoms with van der Waals surface area (Å²) in [6.07, 6.45) is 0.724. The molecule has 0 rings (SSSR count). The van der Waals surface area contributed by atoms with E-state index in [1.165, 1.54) is 11.8 Å². The maximum Gasteiger partial charge on any atom is 0.325 e. The highest BCUT2D eigenvalue weighted by molar-refractivity contribution is 5.82. The smallest absolute Gasteiger partial charge is 0.325 e. The maximum absolute atomic E-state index is 11.4. The zero-order valence-corrected chi connectivity index (χ0v) is 9.32. The van der Waals surface area contributed by atoms with Gasteiger partial charge in [-0.2, -0.15) is 0 Å². The van der Waals surface area contributed by atoms with Crippen molar-refractivity contribution in [3.8, 4) is 0 Å². The molecule has 0 saturated heterocycles. The quantitative estimate of drug-likeness (QED) is 0.621. The average molecular weight is 218 g/mol. The Morgan fingerprint density at radius 3 is 2.60 bits per heavy atom. The zero-order valence-electron chi connectivity index (χ0n) is 9.32. The van der Waals surface area contributed by atoms with Crippen molar-refractivity contribution in [1.29, 1.82) is 0 Å². The van der Waals surface area contributed by atoms with Crippen LogP contribution in [0.5, 0.6) is 0 Å². The first-order valence-corrected chi connectivity index (χ1v) is 4.72. The number of hydrogen-bond donors (Lipinski definition) is 2. The molecule has 0 saturated carbocycles. The number of carbonyl (C=O) groups excluding carboxylic acids is 1. The number of hydrogen-bond acceptors (Lipinski definition) is 3. The lowest BCUT2D eigenvalue weighted by atomic mass is 10.3. The standard InChI is InChI=1S/C9H18N2O4/c1-7(8(12)13)10-9(14)11(2)5-4-6-15-3/h7H,4-6H2,1-3H3,(H,10,14)(H,12,13)/t7-/m0/s1. The molecule has 0 bridgehead atoms. The molecule has 0 aromatic rings. The fourth-order valence-corrected chi connectivity index (χ4v) is 0.905. The number of carboxylic acid groups (broad SMARTS) is 1. The lowest BCUT2D eigenvalue weighted by Crippen LogP contribution is -2.45. The molecule has 0 radical (unpaired) electrons. The molecule has 0 aliphatic heterocycles. The average Bonchev–Trinajstić information content (AvgIpc) is 2.17. The number of aliphatic carboxylic acids is 1. The minimum atomic E-state index is -1.05. The predicted molar refractivity (Wildman–Crippen MR) is 54.8 cm³/mol. The summed E-state index contributed by atoms with van der Waals surface area (Å²) in [5.41, 5.74) is 0. The van der Waals surface area contributed by atoms with Crippen LogP contribution in [0.2, 0.25) is 0 Å². The van der Waals surface area contributed by atoms with Crippen molar-refractivity contribution >= 4 is 12.0 Å². The molecule has 0 aliphatic carbocycles. The Labute approximate surface area is 89.2 Å². The van der Waals surface area contributed by atoms with E-state index < -0.39 is 12.0 Å². The second-order valence-corrected chi connectivity index (χ2v) is 3.28. The summed E-state index contributed by atoms with van der Waals surface area (Å²) in [4.78, 5) is 23.3. The van der Waals surface area contributed by atoms with Gasteiger partial charge in [0.2, 0.25) is 0 Å². The normalized spacial score (nSPS) is 11.9. The second-order valence-electron chi connectivity index (χ2n) is 3.28. The van der Waals surface area contributed by atoms with Crippen LogP contribution in [0.1, 0.15) is 13.3 Å². The number of ether oxygens (including phenoxy) is 1. The van der Waals surface area contributed by atoms with Crippen molar-refractivity contribution < 1.29 is 19.4 Å². The van der Waals surface area contributed by atoms with Gasteiger partial charge in [0.05, 0.1) is 0 Å². The number of urea groups is 1. The van der Waals surface area contributed by atoms with Gasteiger partial charge in [0.1, 0.15) is 6.04 Å². The van der Waals surface area contributed by atoms with E-state index >= 15 is 0 Å². The third-order valence-electron chi connectivity index (χ3n) is 1.90. The van der Waals surface area contributed by atoms with Gasteiger partial charge in [0.25, 0.3) is 0 Å². The van der Waals surface area contributed by atoms with Crippen LogP contribution in [0, 0.1) is 0 Å².